The van der Waals surface area contributed by atoms with Crippen LogP contribution in [0.1, 0.15) is 54.9 Å². The Bertz CT molecular complexity index is 1030. The van der Waals surface area contributed by atoms with E-state index >= 15 is 0 Å². The molecule has 0 bridgehead atoms. The van der Waals surface area contributed by atoms with E-state index in [2.05, 4.69) is 23.8 Å². The van der Waals surface area contributed by atoms with Crippen molar-refractivity contribution in [3.8, 4) is 5.75 Å². The summed E-state index contributed by atoms with van der Waals surface area (Å²) in [5.41, 5.74) is 3.23. The van der Waals surface area contributed by atoms with Gasteiger partial charge in [0.05, 0.1) is 23.1 Å². The molecule has 0 N–H and O–H groups in total. The van der Waals surface area contributed by atoms with Crippen molar-refractivity contribution in [2.24, 2.45) is 5.92 Å². The molecule has 2 unspecified atom stereocenters. The fraction of sp³-hybridized carbons (Fsp3) is 0.400. The molecule has 1 aliphatic carbocycles. The standard InChI is InChI=1S/C25H28N2O3/c1-3-4-7-12-29-25-17(2)13-23-21(24(25)28)14-20(15-26-23)30-16-19-11-10-18-8-5-6-9-22(18)27-19/h5-6,8-11,14-15,17,25H,3-4,7,12-13,16H2,1-2H3. The number of ether oxygens (including phenoxy) is 2. The average molecular weight is 405 g/mol. The molecule has 0 saturated heterocycles. The number of carbonyl (C=O) groups is 1. The molecule has 5 nitrogen and oxygen atoms in total. The third-order valence-electron chi connectivity index (χ3n) is 5.59. The number of fused-ring (bicyclic) bond motifs is 2. The number of Topliss-reactive ketones (excluding diaryl/α,β-unsaturated/α-hetero) is 1. The van der Waals surface area contributed by atoms with Crippen LogP contribution in [0.3, 0.4) is 0 Å². The third kappa shape index (κ3) is 4.51. The molecule has 0 spiro atoms. The van der Waals surface area contributed by atoms with Crippen molar-refractivity contribution >= 4 is 16.7 Å². The molecule has 5 heteroatoms. The number of para-hydroxylation sites is 1. The zero-order valence-corrected chi connectivity index (χ0v) is 17.6. The largest absolute Gasteiger partial charge is 0.486 e. The first-order chi connectivity index (χ1) is 14.7. The topological polar surface area (TPSA) is 61.3 Å². The number of hydrogen-bond acceptors (Lipinski definition) is 5. The summed E-state index contributed by atoms with van der Waals surface area (Å²) >= 11 is 0. The molecule has 0 aliphatic heterocycles. The highest BCUT2D eigenvalue weighted by atomic mass is 16.5. The molecule has 4 rings (SSSR count). The second-order valence-electron chi connectivity index (χ2n) is 7.99. The smallest absolute Gasteiger partial charge is 0.193 e. The maximum Gasteiger partial charge on any atom is 0.193 e. The highest BCUT2D eigenvalue weighted by molar-refractivity contribution is 6.02. The van der Waals surface area contributed by atoms with Gasteiger partial charge in [0.25, 0.3) is 0 Å². The molecule has 0 fully saturated rings. The summed E-state index contributed by atoms with van der Waals surface area (Å²) in [5, 5.41) is 1.10. The van der Waals surface area contributed by atoms with Crippen molar-refractivity contribution in [3.63, 3.8) is 0 Å². The number of nitrogens with zero attached hydrogens (tertiary/aromatic N) is 2. The van der Waals surface area contributed by atoms with E-state index in [1.807, 2.05) is 36.4 Å². The minimum Gasteiger partial charge on any atom is -0.486 e. The summed E-state index contributed by atoms with van der Waals surface area (Å²) < 4.78 is 11.9. The molecular weight excluding hydrogens is 376 g/mol. The predicted octanol–water partition coefficient (Wildman–Crippen LogP) is 5.16. The molecule has 1 aliphatic rings. The quantitative estimate of drug-likeness (QED) is 0.485. The van der Waals surface area contributed by atoms with Crippen LogP contribution < -0.4 is 4.74 Å². The van der Waals surface area contributed by atoms with E-state index in [0.29, 0.717) is 24.5 Å². The summed E-state index contributed by atoms with van der Waals surface area (Å²) in [6.07, 6.45) is 5.29. The summed E-state index contributed by atoms with van der Waals surface area (Å²) in [6, 6.07) is 13.8. The number of hydrogen-bond donors (Lipinski definition) is 0. The van der Waals surface area contributed by atoms with Crippen molar-refractivity contribution in [1.82, 2.24) is 9.97 Å². The number of aromatic nitrogens is 2. The second-order valence-corrected chi connectivity index (χ2v) is 7.99. The van der Waals surface area contributed by atoms with Gasteiger partial charge in [0.1, 0.15) is 18.5 Å². The Kier molecular flexibility index (Phi) is 6.38. The van der Waals surface area contributed by atoms with Crippen molar-refractivity contribution in [1.29, 1.82) is 0 Å². The molecule has 0 radical (unpaired) electrons. The van der Waals surface area contributed by atoms with Gasteiger partial charge in [-0.2, -0.15) is 0 Å². The molecule has 0 saturated carbocycles. The van der Waals surface area contributed by atoms with E-state index in [0.717, 1.165) is 48.0 Å². The summed E-state index contributed by atoms with van der Waals surface area (Å²) in [4.78, 5) is 22.2. The minimum absolute atomic E-state index is 0.0158. The first kappa shape index (κ1) is 20.5. The van der Waals surface area contributed by atoms with Crippen LogP contribution in [0.5, 0.6) is 5.75 Å². The molecular formula is C25H28N2O3. The van der Waals surface area contributed by atoms with E-state index < -0.39 is 6.10 Å². The molecule has 30 heavy (non-hydrogen) atoms. The van der Waals surface area contributed by atoms with Gasteiger partial charge < -0.3 is 9.47 Å². The van der Waals surface area contributed by atoms with E-state index in [9.17, 15) is 4.79 Å². The van der Waals surface area contributed by atoms with Gasteiger partial charge in [0.2, 0.25) is 0 Å². The van der Waals surface area contributed by atoms with E-state index in [1.165, 1.54) is 0 Å². The van der Waals surface area contributed by atoms with Gasteiger partial charge in [-0.05, 0) is 37.0 Å². The van der Waals surface area contributed by atoms with Crippen molar-refractivity contribution in [2.75, 3.05) is 6.61 Å². The fourth-order valence-electron chi connectivity index (χ4n) is 3.90. The lowest BCUT2D eigenvalue weighted by molar-refractivity contribution is 0.0147. The van der Waals surface area contributed by atoms with Crippen LogP contribution >= 0.6 is 0 Å². The first-order valence-corrected chi connectivity index (χ1v) is 10.8. The average Bonchev–Trinajstić information content (AvgIpc) is 2.77. The summed E-state index contributed by atoms with van der Waals surface area (Å²) in [5.74, 6) is 0.728. The van der Waals surface area contributed by atoms with Crippen molar-refractivity contribution < 1.29 is 14.3 Å². The van der Waals surface area contributed by atoms with Gasteiger partial charge in [-0.15, -0.1) is 0 Å². The summed E-state index contributed by atoms with van der Waals surface area (Å²) in [6.45, 7) is 5.17. The molecule has 3 aromatic rings. The van der Waals surface area contributed by atoms with Gasteiger partial charge in [-0.1, -0.05) is 51.0 Å². The van der Waals surface area contributed by atoms with Crippen LogP contribution in [0.4, 0.5) is 0 Å². The number of unbranched alkanes of at least 4 members (excludes halogenated alkanes) is 2. The van der Waals surface area contributed by atoms with Crippen LogP contribution in [0.15, 0.2) is 48.7 Å². The molecule has 1 aromatic carbocycles. The van der Waals surface area contributed by atoms with Crippen LogP contribution in [-0.2, 0) is 17.8 Å². The Labute approximate surface area is 177 Å². The van der Waals surface area contributed by atoms with E-state index in [-0.39, 0.29) is 11.7 Å². The van der Waals surface area contributed by atoms with E-state index in [1.54, 1.807) is 12.3 Å². The Morgan fingerprint density at radius 2 is 2.00 bits per heavy atom. The van der Waals surface area contributed by atoms with E-state index in [4.69, 9.17) is 9.47 Å². The highest BCUT2D eigenvalue weighted by Gasteiger charge is 2.34. The number of rotatable bonds is 8. The fourth-order valence-corrected chi connectivity index (χ4v) is 3.90. The number of carbonyl (C=O) groups excluding carboxylic acids is 1. The van der Waals surface area contributed by atoms with Gasteiger partial charge in [0, 0.05) is 17.6 Å². The van der Waals surface area contributed by atoms with Crippen LogP contribution in [-0.4, -0.2) is 28.5 Å². The lowest BCUT2D eigenvalue weighted by atomic mass is 9.84. The molecule has 0 amide bonds. The van der Waals surface area contributed by atoms with Crippen molar-refractivity contribution in [3.05, 3.63) is 65.6 Å². The summed E-state index contributed by atoms with van der Waals surface area (Å²) in [7, 11) is 0. The maximum absolute atomic E-state index is 13.0. The van der Waals surface area contributed by atoms with Gasteiger partial charge in [-0.25, -0.2) is 4.98 Å². The zero-order valence-electron chi connectivity index (χ0n) is 17.6. The SMILES string of the molecule is CCCCCOC1C(=O)c2cc(OCc3ccc4ccccc4n3)cnc2CC1C. The molecule has 156 valence electrons. The number of pyridine rings is 2. The minimum atomic E-state index is -0.395. The van der Waals surface area contributed by atoms with Crippen LogP contribution in [0.25, 0.3) is 10.9 Å². The molecule has 2 atom stereocenters. The Balaban J connectivity index is 1.45. The van der Waals surface area contributed by atoms with Crippen molar-refractivity contribution in [2.45, 2.75) is 52.2 Å². The predicted molar refractivity (Wildman–Crippen MR) is 117 cm³/mol. The third-order valence-corrected chi connectivity index (χ3v) is 5.59. The lowest BCUT2D eigenvalue weighted by Gasteiger charge is -2.29. The Morgan fingerprint density at radius 3 is 2.87 bits per heavy atom. The molecule has 2 heterocycles. The second kappa shape index (κ2) is 9.35. The lowest BCUT2D eigenvalue weighted by Crippen LogP contribution is -2.38. The van der Waals surface area contributed by atoms with Gasteiger partial charge in [0.15, 0.2) is 5.78 Å². The monoisotopic (exact) mass is 404 g/mol. The zero-order chi connectivity index (χ0) is 20.9. The number of ketones is 1. The first-order valence-electron chi connectivity index (χ1n) is 10.8. The number of benzene rings is 1. The normalized spacial score (nSPS) is 18.4. The van der Waals surface area contributed by atoms with Gasteiger partial charge >= 0.3 is 0 Å². The van der Waals surface area contributed by atoms with Crippen LogP contribution in [0, 0.1) is 5.92 Å². The Morgan fingerprint density at radius 1 is 1.13 bits per heavy atom. The maximum atomic E-state index is 13.0. The van der Waals surface area contributed by atoms with Crippen LogP contribution in [0.2, 0.25) is 0 Å². The highest BCUT2D eigenvalue weighted by Crippen LogP contribution is 2.29. The van der Waals surface area contributed by atoms with Gasteiger partial charge in [-0.3, -0.25) is 9.78 Å². The Hall–Kier alpha value is -2.79. The molecule has 2 aromatic heterocycles.